The van der Waals surface area contributed by atoms with E-state index in [1.54, 1.807) is 40.9 Å². The molecule has 0 aromatic carbocycles. The molecule has 0 saturated carbocycles. The van der Waals surface area contributed by atoms with Crippen LogP contribution in [0, 0.1) is 24.2 Å². The molecule has 9 heteroatoms. The van der Waals surface area contributed by atoms with E-state index in [2.05, 4.69) is 0 Å². The summed E-state index contributed by atoms with van der Waals surface area (Å²) < 4.78 is 17.0. The molecule has 29 heavy (non-hydrogen) atoms. The lowest BCUT2D eigenvalue weighted by Crippen LogP contribution is -2.42. The van der Waals surface area contributed by atoms with Crippen LogP contribution < -0.4 is 0 Å². The van der Waals surface area contributed by atoms with Gasteiger partial charge in [0.15, 0.2) is 6.61 Å². The summed E-state index contributed by atoms with van der Waals surface area (Å²) in [5.41, 5.74) is 0.0587. The lowest BCUT2D eigenvalue weighted by molar-refractivity contribution is -0.149. The van der Waals surface area contributed by atoms with Crippen molar-refractivity contribution in [1.82, 2.24) is 9.47 Å². The average Bonchev–Trinajstić information content (AvgIpc) is 3.38. The average molecular weight is 399 g/mol. The molecular formula is C20H21N3O6. The van der Waals surface area contributed by atoms with E-state index >= 15 is 0 Å². The summed E-state index contributed by atoms with van der Waals surface area (Å²) in [7, 11) is 1.34. The molecule has 1 saturated heterocycles. The third kappa shape index (κ3) is 4.16. The Bertz CT molecular complexity index is 946. The molecular weight excluding hydrogens is 378 g/mol. The fourth-order valence-corrected chi connectivity index (χ4v) is 3.35. The lowest BCUT2D eigenvalue weighted by atomic mass is 9.97. The monoisotopic (exact) mass is 399 g/mol. The van der Waals surface area contributed by atoms with Crippen molar-refractivity contribution in [3.05, 3.63) is 41.4 Å². The van der Waals surface area contributed by atoms with E-state index < -0.39 is 12.6 Å². The zero-order valence-corrected chi connectivity index (χ0v) is 16.2. The Balaban J connectivity index is 1.62. The minimum Gasteiger partial charge on any atom is -0.469 e. The van der Waals surface area contributed by atoms with Crippen LogP contribution >= 0.6 is 0 Å². The number of carbonyl (C=O) groups excluding carboxylic acids is 3. The minimum atomic E-state index is -0.793. The summed E-state index contributed by atoms with van der Waals surface area (Å²) in [6, 6.07) is 5.50. The molecule has 3 rings (SSSR count). The van der Waals surface area contributed by atoms with Crippen molar-refractivity contribution in [2.24, 2.45) is 5.92 Å². The molecule has 1 aliphatic rings. The number of aryl methyl sites for hydroxylation is 1. The molecule has 0 atom stereocenters. The van der Waals surface area contributed by atoms with Crippen LogP contribution in [0.15, 0.2) is 28.9 Å². The second kappa shape index (κ2) is 8.65. The van der Waals surface area contributed by atoms with Gasteiger partial charge in [-0.1, -0.05) is 0 Å². The second-order valence-electron chi connectivity index (χ2n) is 6.67. The first-order chi connectivity index (χ1) is 14.0. The van der Waals surface area contributed by atoms with Crippen molar-refractivity contribution in [1.29, 1.82) is 5.26 Å². The molecule has 2 aromatic rings. The van der Waals surface area contributed by atoms with E-state index in [4.69, 9.17) is 13.9 Å². The Labute approximate surface area is 167 Å². The zero-order valence-electron chi connectivity index (χ0n) is 16.2. The molecule has 0 aliphatic carbocycles. The summed E-state index contributed by atoms with van der Waals surface area (Å²) in [6.07, 6.45) is 4.39. The van der Waals surface area contributed by atoms with Crippen LogP contribution in [-0.2, 0) is 19.1 Å². The van der Waals surface area contributed by atoms with E-state index in [1.165, 1.54) is 7.11 Å². The van der Waals surface area contributed by atoms with Gasteiger partial charge in [-0.05, 0) is 31.9 Å². The van der Waals surface area contributed by atoms with Crippen molar-refractivity contribution >= 4 is 17.8 Å². The van der Waals surface area contributed by atoms with Gasteiger partial charge in [-0.3, -0.25) is 14.2 Å². The number of hydrogen-bond donors (Lipinski definition) is 0. The van der Waals surface area contributed by atoms with E-state index in [-0.39, 0.29) is 40.6 Å². The Morgan fingerprint density at radius 3 is 2.48 bits per heavy atom. The first-order valence-corrected chi connectivity index (χ1v) is 9.15. The zero-order chi connectivity index (χ0) is 21.0. The Hall–Kier alpha value is -3.54. The number of aromatic nitrogens is 1. The molecule has 3 heterocycles. The van der Waals surface area contributed by atoms with Gasteiger partial charge < -0.3 is 18.8 Å². The topological polar surface area (TPSA) is 115 Å². The Morgan fingerprint density at radius 2 is 1.90 bits per heavy atom. The van der Waals surface area contributed by atoms with Crippen molar-refractivity contribution in [3.8, 4) is 12.0 Å². The number of hydrogen-bond acceptors (Lipinski definition) is 7. The highest BCUT2D eigenvalue weighted by Gasteiger charge is 2.30. The molecule has 152 valence electrons. The quantitative estimate of drug-likeness (QED) is 0.704. The fourth-order valence-electron chi connectivity index (χ4n) is 3.35. The number of furan rings is 1. The van der Waals surface area contributed by atoms with E-state index in [1.807, 2.05) is 6.07 Å². The number of rotatable bonds is 5. The van der Waals surface area contributed by atoms with Crippen molar-refractivity contribution < 1.29 is 28.3 Å². The molecule has 0 spiro atoms. The molecule has 1 aliphatic heterocycles. The SMILES string of the molecule is COC(=O)C1CCN(C(=O)COC(=O)c2c(C)oc(-n3cccc3)c2C#N)CC1. The van der Waals surface area contributed by atoms with Crippen LogP contribution in [0.3, 0.4) is 0 Å². The van der Waals surface area contributed by atoms with Crippen LogP contribution in [0.25, 0.3) is 5.88 Å². The lowest BCUT2D eigenvalue weighted by Gasteiger charge is -2.30. The number of piperidine rings is 1. The third-order valence-electron chi connectivity index (χ3n) is 4.93. The third-order valence-corrected chi connectivity index (χ3v) is 4.93. The number of nitriles is 1. The molecule has 9 nitrogen and oxygen atoms in total. The van der Waals surface area contributed by atoms with Gasteiger partial charge in [0.05, 0.1) is 13.0 Å². The molecule has 1 fully saturated rings. The van der Waals surface area contributed by atoms with Gasteiger partial charge in [0.1, 0.15) is 23.0 Å². The predicted molar refractivity (Wildman–Crippen MR) is 99.1 cm³/mol. The summed E-state index contributed by atoms with van der Waals surface area (Å²) in [5, 5.41) is 9.49. The fraction of sp³-hybridized carbons (Fsp3) is 0.400. The molecule has 0 radical (unpaired) electrons. The molecule has 0 bridgehead atoms. The van der Waals surface area contributed by atoms with Crippen LogP contribution in [0.1, 0.15) is 34.5 Å². The Morgan fingerprint density at radius 1 is 1.24 bits per heavy atom. The summed E-state index contributed by atoms with van der Waals surface area (Å²) >= 11 is 0. The minimum absolute atomic E-state index is 0.00778. The standard InChI is InChI=1S/C20H21N3O6/c1-13-17(15(11-21)18(29-13)23-7-3-4-8-23)20(26)28-12-16(24)22-9-5-14(6-10-22)19(25)27-2/h3-4,7-8,14H,5-6,9-10,12H2,1-2H3. The molecule has 0 N–H and O–H groups in total. The van der Waals surface area contributed by atoms with Gasteiger partial charge in [0.25, 0.3) is 5.91 Å². The number of methoxy groups -OCH3 is 1. The van der Waals surface area contributed by atoms with E-state index in [9.17, 15) is 19.6 Å². The maximum Gasteiger partial charge on any atom is 0.343 e. The molecule has 0 unspecified atom stereocenters. The largest absolute Gasteiger partial charge is 0.469 e. The predicted octanol–water partition coefficient (Wildman–Crippen LogP) is 1.82. The molecule has 1 amide bonds. The van der Waals surface area contributed by atoms with Gasteiger partial charge in [-0.2, -0.15) is 5.26 Å². The van der Waals surface area contributed by atoms with Crippen LogP contribution in [0.5, 0.6) is 0 Å². The number of ether oxygens (including phenoxy) is 2. The van der Waals surface area contributed by atoms with Crippen molar-refractivity contribution in [3.63, 3.8) is 0 Å². The highest BCUT2D eigenvalue weighted by atomic mass is 16.5. The smallest absolute Gasteiger partial charge is 0.343 e. The maximum atomic E-state index is 12.5. The van der Waals surface area contributed by atoms with Gasteiger partial charge in [-0.25, -0.2) is 4.79 Å². The number of esters is 2. The second-order valence-corrected chi connectivity index (χ2v) is 6.67. The first-order valence-electron chi connectivity index (χ1n) is 9.15. The number of carbonyl (C=O) groups is 3. The normalized spacial score (nSPS) is 14.3. The van der Waals surface area contributed by atoms with Gasteiger partial charge in [0, 0.05) is 25.5 Å². The first kappa shape index (κ1) is 20.2. The van der Waals surface area contributed by atoms with E-state index in [0.717, 1.165) is 0 Å². The maximum absolute atomic E-state index is 12.5. The summed E-state index contributed by atoms with van der Waals surface area (Å²) in [4.78, 5) is 38.0. The van der Waals surface area contributed by atoms with Gasteiger partial charge >= 0.3 is 11.9 Å². The summed E-state index contributed by atoms with van der Waals surface area (Å²) in [5.74, 6) is -1.18. The van der Waals surface area contributed by atoms with Crippen LogP contribution in [0.2, 0.25) is 0 Å². The molecule has 2 aromatic heterocycles. The van der Waals surface area contributed by atoms with Crippen LogP contribution in [-0.4, -0.2) is 54.1 Å². The van der Waals surface area contributed by atoms with Gasteiger partial charge in [-0.15, -0.1) is 0 Å². The Kier molecular flexibility index (Phi) is 6.02. The van der Waals surface area contributed by atoms with E-state index in [0.29, 0.717) is 25.9 Å². The van der Waals surface area contributed by atoms with Crippen LogP contribution in [0.4, 0.5) is 0 Å². The van der Waals surface area contributed by atoms with Crippen molar-refractivity contribution in [2.75, 3.05) is 26.8 Å². The highest BCUT2D eigenvalue weighted by molar-refractivity contribution is 5.95. The number of amides is 1. The van der Waals surface area contributed by atoms with Crippen molar-refractivity contribution in [2.45, 2.75) is 19.8 Å². The van der Waals surface area contributed by atoms with Gasteiger partial charge in [0.2, 0.25) is 5.88 Å². The highest BCUT2D eigenvalue weighted by Crippen LogP contribution is 2.26. The number of nitrogens with zero attached hydrogens (tertiary/aromatic N) is 3. The number of likely N-dealkylation sites (tertiary alicyclic amines) is 1. The summed E-state index contributed by atoms with van der Waals surface area (Å²) in [6.45, 7) is 1.89.